The van der Waals surface area contributed by atoms with Crippen molar-refractivity contribution in [2.24, 2.45) is 10.7 Å². The highest BCUT2D eigenvalue weighted by Gasteiger charge is 2.28. The number of methoxy groups -OCH3 is 2. The summed E-state index contributed by atoms with van der Waals surface area (Å²) >= 11 is 0. The fraction of sp³-hybridized carbons (Fsp3) is 0.278. The minimum absolute atomic E-state index is 0.0557. The van der Waals surface area contributed by atoms with Crippen molar-refractivity contribution >= 4 is 11.6 Å². The van der Waals surface area contributed by atoms with Crippen LogP contribution in [0.25, 0.3) is 0 Å². The Bertz CT molecular complexity index is 795. The maximum atomic E-state index is 12.3. The Morgan fingerprint density at radius 2 is 1.74 bits per heavy atom. The summed E-state index contributed by atoms with van der Waals surface area (Å²) in [6.07, 6.45) is -4.41. The van der Waals surface area contributed by atoms with Gasteiger partial charge in [-0.3, -0.25) is 0 Å². The lowest BCUT2D eigenvalue weighted by atomic mass is 10.2. The van der Waals surface area contributed by atoms with E-state index in [0.29, 0.717) is 22.7 Å². The molecule has 0 aliphatic heterocycles. The SMILES string of the molecule is COc1ccc(NC(N)=NCc2ccccc2OCC(F)(F)F)cc1OC. The van der Waals surface area contributed by atoms with Crippen LogP contribution in [0.15, 0.2) is 47.5 Å². The molecule has 3 N–H and O–H groups in total. The molecular weight excluding hydrogens is 363 g/mol. The van der Waals surface area contributed by atoms with E-state index in [1.807, 2.05) is 0 Å². The zero-order valence-electron chi connectivity index (χ0n) is 14.8. The second-order valence-corrected chi connectivity index (χ2v) is 5.41. The molecule has 0 aromatic heterocycles. The molecule has 146 valence electrons. The number of aliphatic imine (C=N–C) groups is 1. The molecule has 0 unspecified atom stereocenters. The van der Waals surface area contributed by atoms with E-state index >= 15 is 0 Å². The number of alkyl halides is 3. The van der Waals surface area contributed by atoms with Gasteiger partial charge in [0.05, 0.1) is 20.8 Å². The van der Waals surface area contributed by atoms with Crippen molar-refractivity contribution < 1.29 is 27.4 Å². The average Bonchev–Trinajstić information content (AvgIpc) is 2.64. The molecule has 2 aromatic carbocycles. The number of nitrogens with zero attached hydrogens (tertiary/aromatic N) is 1. The quantitative estimate of drug-likeness (QED) is 0.565. The summed E-state index contributed by atoms with van der Waals surface area (Å²) in [5.41, 5.74) is 6.96. The van der Waals surface area contributed by atoms with Gasteiger partial charge in [0, 0.05) is 17.3 Å². The van der Waals surface area contributed by atoms with Gasteiger partial charge < -0.3 is 25.3 Å². The van der Waals surface area contributed by atoms with Gasteiger partial charge in [0.2, 0.25) is 0 Å². The summed E-state index contributed by atoms with van der Waals surface area (Å²) in [6, 6.07) is 11.5. The number of benzene rings is 2. The number of hydrogen-bond acceptors (Lipinski definition) is 4. The van der Waals surface area contributed by atoms with Gasteiger partial charge in [-0.2, -0.15) is 13.2 Å². The summed E-state index contributed by atoms with van der Waals surface area (Å²) < 4.78 is 52.2. The average molecular weight is 383 g/mol. The van der Waals surface area contributed by atoms with E-state index in [2.05, 4.69) is 10.3 Å². The highest BCUT2D eigenvalue weighted by molar-refractivity contribution is 5.92. The molecule has 0 atom stereocenters. The summed E-state index contributed by atoms with van der Waals surface area (Å²) in [5, 5.41) is 2.89. The van der Waals surface area contributed by atoms with Crippen LogP contribution in [0, 0.1) is 0 Å². The van der Waals surface area contributed by atoms with Crippen molar-refractivity contribution in [2.45, 2.75) is 12.7 Å². The molecule has 2 rings (SSSR count). The van der Waals surface area contributed by atoms with Crippen molar-refractivity contribution in [3.8, 4) is 17.2 Å². The summed E-state index contributed by atoms with van der Waals surface area (Å²) in [6.45, 7) is -1.31. The Balaban J connectivity index is 2.05. The maximum absolute atomic E-state index is 12.3. The van der Waals surface area contributed by atoms with Gasteiger partial charge in [0.25, 0.3) is 0 Å². The lowest BCUT2D eigenvalue weighted by molar-refractivity contribution is -0.153. The zero-order chi connectivity index (χ0) is 19.9. The van der Waals surface area contributed by atoms with E-state index in [1.54, 1.807) is 36.4 Å². The number of anilines is 1. The Kier molecular flexibility index (Phi) is 6.75. The smallest absolute Gasteiger partial charge is 0.422 e. The Hall–Kier alpha value is -3.10. The fourth-order valence-electron chi connectivity index (χ4n) is 2.21. The molecule has 0 spiro atoms. The van der Waals surface area contributed by atoms with Crippen molar-refractivity contribution in [1.29, 1.82) is 0 Å². The normalized spacial score (nSPS) is 11.8. The van der Waals surface area contributed by atoms with Gasteiger partial charge in [-0.05, 0) is 18.2 Å². The van der Waals surface area contributed by atoms with Crippen LogP contribution in [0.4, 0.5) is 18.9 Å². The third-order valence-electron chi connectivity index (χ3n) is 3.44. The standard InChI is InChI=1S/C18H20F3N3O3/c1-25-15-8-7-13(9-16(15)26-2)24-17(22)23-10-12-5-3-4-6-14(12)27-11-18(19,20)21/h3-9H,10-11H2,1-2H3,(H3,22,23,24). The number of ether oxygens (including phenoxy) is 3. The highest BCUT2D eigenvalue weighted by Crippen LogP contribution is 2.29. The van der Waals surface area contributed by atoms with E-state index in [9.17, 15) is 13.2 Å². The van der Waals surface area contributed by atoms with Crippen LogP contribution in [0.2, 0.25) is 0 Å². The topological polar surface area (TPSA) is 78.1 Å². The lowest BCUT2D eigenvalue weighted by Crippen LogP contribution is -2.23. The minimum Gasteiger partial charge on any atom is -0.493 e. The number of rotatable bonds is 7. The van der Waals surface area contributed by atoms with Crippen molar-refractivity contribution in [3.63, 3.8) is 0 Å². The Labute approximate surface area is 154 Å². The molecule has 0 aliphatic carbocycles. The van der Waals surface area contributed by atoms with Crippen LogP contribution >= 0.6 is 0 Å². The number of para-hydroxylation sites is 1. The van der Waals surface area contributed by atoms with Crippen LogP contribution in [0.1, 0.15) is 5.56 Å². The van der Waals surface area contributed by atoms with Gasteiger partial charge in [-0.15, -0.1) is 0 Å². The molecule has 0 fully saturated rings. The molecule has 0 radical (unpaired) electrons. The summed E-state index contributed by atoms with van der Waals surface area (Å²) in [7, 11) is 3.04. The molecule has 0 saturated carbocycles. The third kappa shape index (κ3) is 6.28. The van der Waals surface area contributed by atoms with E-state index in [4.69, 9.17) is 19.9 Å². The first-order valence-electron chi connectivity index (χ1n) is 7.89. The number of hydrogen-bond donors (Lipinski definition) is 2. The molecule has 0 amide bonds. The van der Waals surface area contributed by atoms with Crippen LogP contribution in [-0.4, -0.2) is 33.0 Å². The van der Waals surface area contributed by atoms with E-state index in [0.717, 1.165) is 0 Å². The Morgan fingerprint density at radius 3 is 2.41 bits per heavy atom. The first-order chi connectivity index (χ1) is 12.8. The zero-order valence-corrected chi connectivity index (χ0v) is 14.8. The predicted octanol–water partition coefficient (Wildman–Crippen LogP) is 3.57. The molecule has 0 heterocycles. The first kappa shape index (κ1) is 20.2. The predicted molar refractivity (Wildman–Crippen MR) is 96.5 cm³/mol. The Morgan fingerprint density at radius 1 is 1.04 bits per heavy atom. The monoisotopic (exact) mass is 383 g/mol. The van der Waals surface area contributed by atoms with E-state index in [1.165, 1.54) is 20.3 Å². The molecule has 27 heavy (non-hydrogen) atoms. The highest BCUT2D eigenvalue weighted by atomic mass is 19.4. The van der Waals surface area contributed by atoms with E-state index in [-0.39, 0.29) is 18.3 Å². The first-order valence-corrected chi connectivity index (χ1v) is 7.89. The number of nitrogens with one attached hydrogen (secondary N) is 1. The molecule has 2 aromatic rings. The summed E-state index contributed by atoms with van der Waals surface area (Å²) in [4.78, 5) is 4.14. The van der Waals surface area contributed by atoms with Gasteiger partial charge in [0.15, 0.2) is 24.1 Å². The number of nitrogens with two attached hydrogens (primary N) is 1. The largest absolute Gasteiger partial charge is 0.493 e. The molecule has 0 saturated heterocycles. The van der Waals surface area contributed by atoms with Crippen molar-refractivity contribution in [2.75, 3.05) is 26.1 Å². The van der Waals surface area contributed by atoms with Crippen molar-refractivity contribution in [1.82, 2.24) is 0 Å². The van der Waals surface area contributed by atoms with Crippen LogP contribution < -0.4 is 25.3 Å². The van der Waals surface area contributed by atoms with Gasteiger partial charge in [-0.1, -0.05) is 18.2 Å². The number of halogens is 3. The van der Waals surface area contributed by atoms with Gasteiger partial charge in [0.1, 0.15) is 5.75 Å². The number of guanidine groups is 1. The molecule has 9 heteroatoms. The molecular formula is C18H20F3N3O3. The second-order valence-electron chi connectivity index (χ2n) is 5.41. The second kappa shape index (κ2) is 9.02. The van der Waals surface area contributed by atoms with E-state index < -0.39 is 12.8 Å². The van der Waals surface area contributed by atoms with Crippen molar-refractivity contribution in [3.05, 3.63) is 48.0 Å². The van der Waals surface area contributed by atoms with Crippen LogP contribution in [0.3, 0.4) is 0 Å². The van der Waals surface area contributed by atoms with Gasteiger partial charge in [-0.25, -0.2) is 4.99 Å². The third-order valence-corrected chi connectivity index (χ3v) is 3.44. The molecule has 0 bridgehead atoms. The fourth-order valence-corrected chi connectivity index (χ4v) is 2.21. The molecule has 6 nitrogen and oxygen atoms in total. The minimum atomic E-state index is -4.41. The lowest BCUT2D eigenvalue weighted by Gasteiger charge is -2.13. The van der Waals surface area contributed by atoms with Crippen LogP contribution in [-0.2, 0) is 6.54 Å². The summed E-state index contributed by atoms with van der Waals surface area (Å²) in [5.74, 6) is 1.28. The maximum Gasteiger partial charge on any atom is 0.422 e. The molecule has 0 aliphatic rings. The van der Waals surface area contributed by atoms with Crippen LogP contribution in [0.5, 0.6) is 17.2 Å². The van der Waals surface area contributed by atoms with Gasteiger partial charge >= 0.3 is 6.18 Å².